The molecule has 2 N–H and O–H groups in total. The van der Waals surface area contributed by atoms with E-state index in [4.69, 9.17) is 9.97 Å². The van der Waals surface area contributed by atoms with E-state index in [0.717, 1.165) is 55.2 Å². The van der Waals surface area contributed by atoms with Crippen molar-refractivity contribution >= 4 is 21.8 Å². The van der Waals surface area contributed by atoms with Crippen LogP contribution < -0.4 is 0 Å². The van der Waals surface area contributed by atoms with Crippen LogP contribution in [0.3, 0.4) is 0 Å². The van der Waals surface area contributed by atoms with Crippen molar-refractivity contribution in [3.05, 3.63) is 131 Å². The van der Waals surface area contributed by atoms with Crippen LogP contribution >= 0.6 is 0 Å². The lowest BCUT2D eigenvalue weighted by Crippen LogP contribution is -2.12. The average molecular weight is 741 g/mol. The SMILES string of the molecule is CC(C)(C)c1ccc(-c2cc(C(C)(C)C)cc(-c3ccc4ccc5ccc(-c6cc(C(C)(C)C)cc(-c7ccc(C(C)(C)C)cc7)c6O)nc5c4n3)c2O)cc1. The number of benzene rings is 5. The minimum atomic E-state index is -0.167. The van der Waals surface area contributed by atoms with E-state index in [1.54, 1.807) is 0 Å². The maximum Gasteiger partial charge on any atom is 0.132 e. The molecule has 2 aromatic heterocycles. The van der Waals surface area contributed by atoms with Crippen LogP contribution in [-0.2, 0) is 21.7 Å². The highest BCUT2D eigenvalue weighted by Gasteiger charge is 2.24. The van der Waals surface area contributed by atoms with Crippen LogP contribution in [-0.4, -0.2) is 20.2 Å². The first-order valence-electron chi connectivity index (χ1n) is 19.8. The third-order valence-corrected chi connectivity index (χ3v) is 11.1. The van der Waals surface area contributed by atoms with Gasteiger partial charge in [-0.15, -0.1) is 0 Å². The zero-order valence-electron chi connectivity index (χ0n) is 35.2. The number of pyridine rings is 2. The van der Waals surface area contributed by atoms with Crippen molar-refractivity contribution in [2.75, 3.05) is 0 Å². The summed E-state index contributed by atoms with van der Waals surface area (Å²) in [6.45, 7) is 26.4. The van der Waals surface area contributed by atoms with Gasteiger partial charge in [0.25, 0.3) is 0 Å². The van der Waals surface area contributed by atoms with Crippen LogP contribution in [0.1, 0.15) is 105 Å². The standard InChI is InChI=1S/C52H56N2O2/c1-49(2,3)35-21-15-31(16-22-35)39-27-37(51(7,8)9)29-41(47(39)55)43-25-19-33-13-14-34-20-26-44(54-46(34)45(33)53-43)42-30-38(52(10,11)12)28-40(48(42)56)32-17-23-36(24-18-32)50(4,5)6/h13-30,55-56H,1-12H3. The number of hydrogen-bond acceptors (Lipinski definition) is 4. The number of nitrogens with zero attached hydrogens (tertiary/aromatic N) is 2. The first-order chi connectivity index (χ1) is 26.1. The molecule has 4 heteroatoms. The molecular formula is C52H56N2O2. The molecule has 0 aliphatic heterocycles. The van der Waals surface area contributed by atoms with Gasteiger partial charge in [-0.3, -0.25) is 0 Å². The molecular weight excluding hydrogens is 685 g/mol. The molecule has 0 fully saturated rings. The fraction of sp³-hybridized carbons (Fsp3) is 0.308. The summed E-state index contributed by atoms with van der Waals surface area (Å²) < 4.78 is 0. The summed E-state index contributed by atoms with van der Waals surface area (Å²) in [7, 11) is 0. The summed E-state index contributed by atoms with van der Waals surface area (Å²) in [6, 6.07) is 37.7. The number of phenolic OH excluding ortho intramolecular Hbond substituents is 2. The van der Waals surface area contributed by atoms with Gasteiger partial charge >= 0.3 is 0 Å². The van der Waals surface area contributed by atoms with E-state index in [2.05, 4.69) is 180 Å². The van der Waals surface area contributed by atoms with Gasteiger partial charge in [-0.1, -0.05) is 156 Å². The Hall–Kier alpha value is -5.48. The number of phenols is 2. The highest BCUT2D eigenvalue weighted by molar-refractivity contribution is 6.04. The lowest BCUT2D eigenvalue weighted by atomic mass is 9.82. The first kappa shape index (κ1) is 38.8. The van der Waals surface area contributed by atoms with Crippen molar-refractivity contribution in [3.63, 3.8) is 0 Å². The Morgan fingerprint density at radius 3 is 0.929 bits per heavy atom. The van der Waals surface area contributed by atoms with Crippen LogP contribution in [0.2, 0.25) is 0 Å². The topological polar surface area (TPSA) is 66.2 Å². The van der Waals surface area contributed by atoms with Crippen molar-refractivity contribution in [1.29, 1.82) is 0 Å². The second-order valence-electron chi connectivity index (χ2n) is 19.6. The molecule has 0 bridgehead atoms. The third-order valence-electron chi connectivity index (χ3n) is 11.1. The molecule has 5 aromatic carbocycles. The zero-order chi connectivity index (χ0) is 40.5. The van der Waals surface area contributed by atoms with Gasteiger partial charge in [0.05, 0.1) is 22.4 Å². The molecule has 0 saturated carbocycles. The van der Waals surface area contributed by atoms with Crippen molar-refractivity contribution < 1.29 is 10.2 Å². The van der Waals surface area contributed by atoms with E-state index >= 15 is 0 Å². The Kier molecular flexibility index (Phi) is 9.43. The van der Waals surface area contributed by atoms with Crippen molar-refractivity contribution in [2.24, 2.45) is 0 Å². The molecule has 0 spiro atoms. The molecule has 286 valence electrons. The van der Waals surface area contributed by atoms with Gasteiger partial charge in [0.1, 0.15) is 11.5 Å². The number of aromatic nitrogens is 2. The quantitative estimate of drug-likeness (QED) is 0.176. The lowest BCUT2D eigenvalue weighted by Gasteiger charge is -2.23. The van der Waals surface area contributed by atoms with Crippen LogP contribution in [0.4, 0.5) is 0 Å². The number of fused-ring (bicyclic) bond motifs is 3. The van der Waals surface area contributed by atoms with Gasteiger partial charge < -0.3 is 10.2 Å². The highest BCUT2D eigenvalue weighted by Crippen LogP contribution is 2.45. The van der Waals surface area contributed by atoms with E-state index < -0.39 is 0 Å². The van der Waals surface area contributed by atoms with E-state index in [0.29, 0.717) is 22.5 Å². The van der Waals surface area contributed by atoms with E-state index in [-0.39, 0.29) is 33.2 Å². The molecule has 0 unspecified atom stereocenters. The van der Waals surface area contributed by atoms with Gasteiger partial charge in [0, 0.05) is 33.0 Å². The molecule has 0 atom stereocenters. The maximum atomic E-state index is 12.0. The zero-order valence-corrected chi connectivity index (χ0v) is 35.2. The molecule has 0 radical (unpaired) electrons. The Morgan fingerprint density at radius 1 is 0.339 bits per heavy atom. The summed E-state index contributed by atoms with van der Waals surface area (Å²) in [5, 5.41) is 25.9. The average Bonchev–Trinajstić information content (AvgIpc) is 3.13. The smallest absolute Gasteiger partial charge is 0.132 e. The number of hydrogen-bond donors (Lipinski definition) is 2. The lowest BCUT2D eigenvalue weighted by molar-refractivity contribution is 0.477. The van der Waals surface area contributed by atoms with Crippen LogP contribution in [0.15, 0.2) is 109 Å². The largest absolute Gasteiger partial charge is 0.507 e. The Morgan fingerprint density at radius 2 is 0.625 bits per heavy atom. The number of rotatable bonds is 4. The second kappa shape index (κ2) is 13.6. The Labute approximate surface area is 333 Å². The fourth-order valence-electron chi connectivity index (χ4n) is 7.33. The van der Waals surface area contributed by atoms with E-state index in [9.17, 15) is 10.2 Å². The third kappa shape index (κ3) is 7.42. The summed E-state index contributed by atoms with van der Waals surface area (Å²) in [4.78, 5) is 10.5. The summed E-state index contributed by atoms with van der Waals surface area (Å²) in [6.07, 6.45) is 0. The molecule has 0 amide bonds. The van der Waals surface area contributed by atoms with Gasteiger partial charge in [-0.2, -0.15) is 0 Å². The predicted molar refractivity (Wildman–Crippen MR) is 237 cm³/mol. The van der Waals surface area contributed by atoms with Crippen molar-refractivity contribution in [2.45, 2.75) is 105 Å². The van der Waals surface area contributed by atoms with Crippen molar-refractivity contribution in [1.82, 2.24) is 9.97 Å². The molecule has 0 saturated heterocycles. The van der Waals surface area contributed by atoms with Crippen LogP contribution in [0, 0.1) is 0 Å². The van der Waals surface area contributed by atoms with Crippen LogP contribution in [0.5, 0.6) is 11.5 Å². The Balaban J connectivity index is 1.40. The van der Waals surface area contributed by atoms with E-state index in [1.807, 2.05) is 12.1 Å². The normalized spacial score (nSPS) is 12.8. The van der Waals surface area contributed by atoms with Crippen LogP contribution in [0.25, 0.3) is 66.6 Å². The molecule has 2 heterocycles. The first-order valence-corrected chi connectivity index (χ1v) is 19.8. The van der Waals surface area contributed by atoms with Gasteiger partial charge in [0.15, 0.2) is 0 Å². The summed E-state index contributed by atoms with van der Waals surface area (Å²) in [5.41, 5.74) is 12.1. The van der Waals surface area contributed by atoms with Gasteiger partial charge in [-0.25, -0.2) is 9.97 Å². The maximum absolute atomic E-state index is 12.0. The molecule has 56 heavy (non-hydrogen) atoms. The summed E-state index contributed by atoms with van der Waals surface area (Å²) in [5.74, 6) is 0.406. The summed E-state index contributed by atoms with van der Waals surface area (Å²) >= 11 is 0. The second-order valence-corrected chi connectivity index (χ2v) is 19.6. The van der Waals surface area contributed by atoms with Gasteiger partial charge in [0.2, 0.25) is 0 Å². The minimum Gasteiger partial charge on any atom is -0.507 e. The van der Waals surface area contributed by atoms with E-state index in [1.165, 1.54) is 11.1 Å². The highest BCUT2D eigenvalue weighted by atomic mass is 16.3. The molecule has 4 nitrogen and oxygen atoms in total. The monoisotopic (exact) mass is 740 g/mol. The molecule has 7 rings (SSSR count). The number of aromatic hydroxyl groups is 2. The fourth-order valence-corrected chi connectivity index (χ4v) is 7.33. The molecule has 0 aliphatic rings. The predicted octanol–water partition coefficient (Wildman–Crippen LogP) is 14.1. The van der Waals surface area contributed by atoms with Gasteiger partial charge in [-0.05, 0) is 91.4 Å². The Bertz CT molecular complexity index is 2420. The minimum absolute atomic E-state index is 0.0273. The van der Waals surface area contributed by atoms with Crippen molar-refractivity contribution in [3.8, 4) is 56.3 Å². The molecule has 0 aliphatic carbocycles. The molecule has 7 aromatic rings.